The molecule has 0 fully saturated rings. The second-order valence-electron chi connectivity index (χ2n) is 3.88. The quantitative estimate of drug-likeness (QED) is 0.712. The summed E-state index contributed by atoms with van der Waals surface area (Å²) in [4.78, 5) is 19.9. The van der Waals surface area contributed by atoms with Gasteiger partial charge < -0.3 is 4.74 Å². The van der Waals surface area contributed by atoms with E-state index in [2.05, 4.69) is 9.97 Å². The number of carbonyl (C=O) groups is 1. The molecular formula is C10H15N3O2. The van der Waals surface area contributed by atoms with Gasteiger partial charge in [0.2, 0.25) is 0 Å². The second-order valence-corrected chi connectivity index (χ2v) is 3.88. The monoisotopic (exact) mass is 212 g/mol. The van der Waals surface area contributed by atoms with Crippen LogP contribution in [-0.4, -0.2) is 28.6 Å². The lowest BCUT2D eigenvalue weighted by atomic mass is 10.2. The van der Waals surface area contributed by atoms with Crippen LogP contribution >= 0.6 is 0 Å². The van der Waals surface area contributed by atoms with Crippen molar-refractivity contribution in [2.24, 2.45) is 0 Å². The summed E-state index contributed by atoms with van der Waals surface area (Å²) in [7, 11) is 0. The van der Waals surface area contributed by atoms with Crippen molar-refractivity contribution in [3.8, 4) is 0 Å². The van der Waals surface area contributed by atoms with Gasteiger partial charge in [-0.3, -0.25) is 9.88 Å². The Morgan fingerprint density at radius 2 is 2.27 bits per heavy atom. The van der Waals surface area contributed by atoms with Crippen LogP contribution in [0.4, 0.5) is 10.6 Å². The van der Waals surface area contributed by atoms with Crippen LogP contribution in [0, 0.1) is 0 Å². The number of anilines is 1. The molecule has 15 heavy (non-hydrogen) atoms. The van der Waals surface area contributed by atoms with Crippen LogP contribution in [-0.2, 0) is 4.74 Å². The molecule has 1 amide bonds. The molecule has 5 nitrogen and oxygen atoms in total. The third kappa shape index (κ3) is 3.53. The lowest BCUT2D eigenvalue weighted by Gasteiger charge is -2.23. The summed E-state index contributed by atoms with van der Waals surface area (Å²) < 4.78 is 27.1. The van der Waals surface area contributed by atoms with Gasteiger partial charge in [0.1, 0.15) is 5.60 Å². The van der Waals surface area contributed by atoms with Gasteiger partial charge in [-0.15, -0.1) is 0 Å². The van der Waals surface area contributed by atoms with E-state index in [1.54, 1.807) is 20.8 Å². The highest BCUT2D eigenvalue weighted by molar-refractivity contribution is 5.85. The molecule has 0 radical (unpaired) electrons. The van der Waals surface area contributed by atoms with E-state index >= 15 is 0 Å². The first kappa shape index (κ1) is 7.62. The summed E-state index contributed by atoms with van der Waals surface area (Å²) in [5, 5.41) is 0. The zero-order valence-electron chi connectivity index (χ0n) is 11.9. The summed E-state index contributed by atoms with van der Waals surface area (Å²) in [5.41, 5.74) is -0.789. The minimum atomic E-state index is -2.68. The van der Waals surface area contributed by atoms with Gasteiger partial charge in [0.05, 0.1) is 6.20 Å². The number of hydrogen-bond donors (Lipinski definition) is 0. The Hall–Kier alpha value is -1.65. The first-order chi connectivity index (χ1) is 8.11. The van der Waals surface area contributed by atoms with Gasteiger partial charge in [0.15, 0.2) is 5.82 Å². The Morgan fingerprint density at radius 1 is 1.53 bits per heavy atom. The van der Waals surface area contributed by atoms with E-state index in [-0.39, 0.29) is 5.82 Å². The van der Waals surface area contributed by atoms with Crippen LogP contribution in [0.5, 0.6) is 0 Å². The van der Waals surface area contributed by atoms with E-state index < -0.39 is 18.7 Å². The summed E-state index contributed by atoms with van der Waals surface area (Å²) >= 11 is 0. The normalized spacial score (nSPS) is 14.7. The van der Waals surface area contributed by atoms with Crippen molar-refractivity contribution in [3.05, 3.63) is 18.6 Å². The fourth-order valence-electron chi connectivity index (χ4n) is 0.808. The first-order valence-electron chi connectivity index (χ1n) is 5.90. The molecule has 0 atom stereocenters. The molecule has 0 saturated carbocycles. The maximum atomic E-state index is 11.9. The van der Waals surface area contributed by atoms with Gasteiger partial charge in [-0.1, -0.05) is 0 Å². The Bertz CT molecular complexity index is 415. The Kier molecular flexibility index (Phi) is 2.16. The number of hydrogen-bond acceptors (Lipinski definition) is 4. The van der Waals surface area contributed by atoms with Crippen LogP contribution in [0.2, 0.25) is 0 Å². The number of rotatable bonds is 1. The summed E-state index contributed by atoms with van der Waals surface area (Å²) in [6, 6.07) is 0. The van der Waals surface area contributed by atoms with Crippen molar-refractivity contribution < 1.29 is 13.6 Å². The van der Waals surface area contributed by atoms with Gasteiger partial charge in [0.25, 0.3) is 0 Å². The molecule has 82 valence electrons. The molecule has 0 aliphatic heterocycles. The number of amides is 1. The summed E-state index contributed by atoms with van der Waals surface area (Å²) in [6.45, 7) is 2.27. The highest BCUT2D eigenvalue weighted by Crippen LogP contribution is 2.12. The summed E-state index contributed by atoms with van der Waals surface area (Å²) in [6.07, 6.45) is 2.90. The third-order valence-corrected chi connectivity index (χ3v) is 1.35. The number of nitrogens with zero attached hydrogens (tertiary/aromatic N) is 3. The van der Waals surface area contributed by atoms with E-state index in [0.29, 0.717) is 4.90 Å². The lowest BCUT2D eigenvalue weighted by molar-refractivity contribution is 0.0588. The highest BCUT2D eigenvalue weighted by atomic mass is 16.6. The SMILES string of the molecule is [2H]C([2H])([2H])N(C(=O)OC(C)(C)C)c1cnccn1. The van der Waals surface area contributed by atoms with Crippen LogP contribution < -0.4 is 4.90 Å². The molecule has 1 aromatic rings. The van der Waals surface area contributed by atoms with Crippen molar-refractivity contribution in [3.63, 3.8) is 0 Å². The van der Waals surface area contributed by atoms with Crippen LogP contribution in [0.3, 0.4) is 0 Å². The van der Waals surface area contributed by atoms with E-state index in [1.165, 1.54) is 18.6 Å². The fraction of sp³-hybridized carbons (Fsp3) is 0.500. The van der Waals surface area contributed by atoms with Crippen LogP contribution in [0.15, 0.2) is 18.6 Å². The maximum absolute atomic E-state index is 11.9. The number of ether oxygens (including phenoxy) is 1. The van der Waals surface area contributed by atoms with E-state index in [4.69, 9.17) is 8.85 Å². The Balaban J connectivity index is 3.05. The molecule has 0 unspecified atom stereocenters. The standard InChI is InChI=1S/C10H15N3O2/c1-10(2,3)15-9(14)13(4)8-7-11-5-6-12-8/h5-7H,1-4H3/i4D3. The fourth-order valence-corrected chi connectivity index (χ4v) is 0.808. The minimum absolute atomic E-state index is 0.0771. The predicted octanol–water partition coefficient (Wildman–Crippen LogP) is 1.85. The third-order valence-electron chi connectivity index (χ3n) is 1.35. The Labute approximate surface area is 93.3 Å². The van der Waals surface area contributed by atoms with Crippen molar-refractivity contribution in [1.29, 1.82) is 0 Å². The van der Waals surface area contributed by atoms with Crippen molar-refractivity contribution in [1.82, 2.24) is 9.97 Å². The van der Waals surface area contributed by atoms with E-state index in [0.717, 1.165) is 0 Å². The molecule has 0 aromatic carbocycles. The lowest BCUT2D eigenvalue weighted by Crippen LogP contribution is -2.34. The van der Waals surface area contributed by atoms with Gasteiger partial charge in [0, 0.05) is 23.5 Å². The largest absolute Gasteiger partial charge is 0.443 e. The molecule has 1 aromatic heterocycles. The van der Waals surface area contributed by atoms with Crippen molar-refractivity contribution in [2.45, 2.75) is 26.4 Å². The molecular weight excluding hydrogens is 194 g/mol. The molecule has 0 saturated heterocycles. The van der Waals surface area contributed by atoms with Crippen molar-refractivity contribution >= 4 is 11.9 Å². The average Bonchev–Trinajstić information content (AvgIpc) is 2.13. The van der Waals surface area contributed by atoms with Gasteiger partial charge in [-0.25, -0.2) is 9.78 Å². The molecule has 5 heteroatoms. The molecule has 0 aliphatic rings. The molecule has 1 heterocycles. The Morgan fingerprint density at radius 3 is 2.73 bits per heavy atom. The first-order valence-corrected chi connectivity index (χ1v) is 4.40. The average molecular weight is 212 g/mol. The summed E-state index contributed by atoms with van der Waals surface area (Å²) in [5.74, 6) is -0.0771. The molecule has 0 aliphatic carbocycles. The molecule has 0 bridgehead atoms. The van der Waals surface area contributed by atoms with E-state index in [9.17, 15) is 4.79 Å². The minimum Gasteiger partial charge on any atom is -0.443 e. The number of aromatic nitrogens is 2. The molecule has 1 rings (SSSR count). The second kappa shape index (κ2) is 4.25. The highest BCUT2D eigenvalue weighted by Gasteiger charge is 2.20. The predicted molar refractivity (Wildman–Crippen MR) is 56.7 cm³/mol. The zero-order valence-corrected chi connectivity index (χ0v) is 8.89. The van der Waals surface area contributed by atoms with Gasteiger partial charge >= 0.3 is 6.09 Å². The molecule has 0 N–H and O–H groups in total. The van der Waals surface area contributed by atoms with Crippen molar-refractivity contribution in [2.75, 3.05) is 11.9 Å². The van der Waals surface area contributed by atoms with Crippen LogP contribution in [0.25, 0.3) is 0 Å². The maximum Gasteiger partial charge on any atom is 0.415 e. The van der Waals surface area contributed by atoms with Gasteiger partial charge in [-0.2, -0.15) is 0 Å². The topological polar surface area (TPSA) is 55.3 Å². The van der Waals surface area contributed by atoms with E-state index in [1.807, 2.05) is 0 Å². The number of carbonyl (C=O) groups excluding carboxylic acids is 1. The molecule has 0 spiro atoms. The zero-order chi connectivity index (χ0) is 14.0. The smallest absolute Gasteiger partial charge is 0.415 e. The van der Waals surface area contributed by atoms with Gasteiger partial charge in [-0.05, 0) is 20.8 Å². The van der Waals surface area contributed by atoms with Crippen LogP contribution in [0.1, 0.15) is 24.9 Å².